The number of para-hydroxylation sites is 1. The summed E-state index contributed by atoms with van der Waals surface area (Å²) >= 11 is 1.50. The third-order valence-electron chi connectivity index (χ3n) is 2.46. The number of rotatable bonds is 6. The van der Waals surface area contributed by atoms with Gasteiger partial charge in [0.2, 0.25) is 0 Å². The Morgan fingerprint density at radius 1 is 1.37 bits per heavy atom. The lowest BCUT2D eigenvalue weighted by Gasteiger charge is -2.08. The molecule has 1 aromatic carbocycles. The van der Waals surface area contributed by atoms with Crippen LogP contribution in [0.25, 0.3) is 11.3 Å². The van der Waals surface area contributed by atoms with Crippen molar-refractivity contribution in [3.05, 3.63) is 34.7 Å². The highest BCUT2D eigenvalue weighted by Crippen LogP contribution is 2.31. The van der Waals surface area contributed by atoms with Crippen LogP contribution in [0.5, 0.6) is 5.75 Å². The zero-order chi connectivity index (χ0) is 13.7. The molecule has 19 heavy (non-hydrogen) atoms. The number of alkyl halides is 2. The molecule has 1 aromatic heterocycles. The van der Waals surface area contributed by atoms with Crippen molar-refractivity contribution >= 4 is 11.3 Å². The molecule has 0 aliphatic carbocycles. The highest BCUT2D eigenvalue weighted by atomic mass is 32.1. The maximum absolute atomic E-state index is 12.3. The van der Waals surface area contributed by atoms with Gasteiger partial charge in [0, 0.05) is 17.5 Å². The number of hydrogen-bond donors (Lipinski definition) is 1. The summed E-state index contributed by atoms with van der Waals surface area (Å²) < 4.78 is 29.2. The summed E-state index contributed by atoms with van der Waals surface area (Å²) in [4.78, 5) is 4.42. The monoisotopic (exact) mass is 284 g/mol. The van der Waals surface area contributed by atoms with Gasteiger partial charge in [0.25, 0.3) is 0 Å². The number of halogens is 2. The van der Waals surface area contributed by atoms with Gasteiger partial charge in [-0.05, 0) is 18.7 Å². The Hall–Kier alpha value is -1.53. The van der Waals surface area contributed by atoms with Crippen molar-refractivity contribution in [2.45, 2.75) is 20.1 Å². The maximum Gasteiger partial charge on any atom is 0.387 e. The van der Waals surface area contributed by atoms with Crippen LogP contribution < -0.4 is 10.1 Å². The van der Waals surface area contributed by atoms with E-state index in [0.29, 0.717) is 17.8 Å². The van der Waals surface area contributed by atoms with Crippen molar-refractivity contribution in [2.75, 3.05) is 6.54 Å². The molecule has 2 rings (SSSR count). The molecule has 0 unspecified atom stereocenters. The minimum atomic E-state index is -2.83. The fraction of sp³-hybridized carbons (Fsp3) is 0.308. The molecule has 3 nitrogen and oxygen atoms in total. The molecule has 0 radical (unpaired) electrons. The molecule has 0 atom stereocenters. The third kappa shape index (κ3) is 3.71. The first kappa shape index (κ1) is 13.9. The van der Waals surface area contributed by atoms with Gasteiger partial charge in [-0.3, -0.25) is 0 Å². The Balaban J connectivity index is 2.23. The summed E-state index contributed by atoms with van der Waals surface area (Å²) in [5, 5.41) is 5.94. The van der Waals surface area contributed by atoms with Gasteiger partial charge >= 0.3 is 6.61 Å². The van der Waals surface area contributed by atoms with E-state index in [1.54, 1.807) is 18.2 Å². The van der Waals surface area contributed by atoms with Crippen LogP contribution in [0, 0.1) is 0 Å². The second-order valence-corrected chi connectivity index (χ2v) is 4.72. The predicted molar refractivity (Wildman–Crippen MR) is 71.6 cm³/mol. The average Bonchev–Trinajstić information content (AvgIpc) is 2.85. The Morgan fingerprint density at radius 3 is 2.89 bits per heavy atom. The molecule has 0 fully saturated rings. The largest absolute Gasteiger partial charge is 0.434 e. The van der Waals surface area contributed by atoms with Crippen LogP contribution in [0.15, 0.2) is 29.6 Å². The molecule has 0 aliphatic rings. The van der Waals surface area contributed by atoms with E-state index < -0.39 is 6.61 Å². The molecule has 1 heterocycles. The van der Waals surface area contributed by atoms with Crippen molar-refractivity contribution in [3.63, 3.8) is 0 Å². The van der Waals surface area contributed by atoms with E-state index >= 15 is 0 Å². The van der Waals surface area contributed by atoms with E-state index in [4.69, 9.17) is 0 Å². The van der Waals surface area contributed by atoms with Crippen LogP contribution in [-0.2, 0) is 6.54 Å². The van der Waals surface area contributed by atoms with Crippen LogP contribution in [0.4, 0.5) is 8.78 Å². The minimum absolute atomic E-state index is 0.151. The normalized spacial score (nSPS) is 10.9. The Kier molecular flexibility index (Phi) is 4.81. The van der Waals surface area contributed by atoms with E-state index in [-0.39, 0.29) is 5.75 Å². The van der Waals surface area contributed by atoms with Gasteiger partial charge in [-0.15, -0.1) is 11.3 Å². The molecular formula is C13H14F2N2OS. The molecule has 0 aliphatic heterocycles. The van der Waals surface area contributed by atoms with Crippen molar-refractivity contribution in [2.24, 2.45) is 0 Å². The van der Waals surface area contributed by atoms with Crippen molar-refractivity contribution in [1.29, 1.82) is 0 Å². The Morgan fingerprint density at radius 2 is 2.16 bits per heavy atom. The van der Waals surface area contributed by atoms with Crippen molar-refractivity contribution < 1.29 is 13.5 Å². The van der Waals surface area contributed by atoms with Crippen LogP contribution in [0.3, 0.4) is 0 Å². The van der Waals surface area contributed by atoms with E-state index in [1.807, 2.05) is 12.3 Å². The number of hydrogen-bond acceptors (Lipinski definition) is 4. The van der Waals surface area contributed by atoms with Crippen molar-refractivity contribution in [1.82, 2.24) is 10.3 Å². The lowest BCUT2D eigenvalue weighted by Crippen LogP contribution is -2.11. The van der Waals surface area contributed by atoms with E-state index in [2.05, 4.69) is 15.0 Å². The molecule has 1 N–H and O–H groups in total. The molecule has 0 saturated heterocycles. The standard InChI is InChI=1S/C13H14F2N2OS/c1-2-16-7-12-17-10(8-19-12)9-5-3-4-6-11(9)18-13(14)15/h3-6,8,13,16H,2,7H2,1H3. The van der Waals surface area contributed by atoms with Gasteiger partial charge in [-0.25, -0.2) is 4.98 Å². The van der Waals surface area contributed by atoms with Crippen LogP contribution >= 0.6 is 11.3 Å². The van der Waals surface area contributed by atoms with E-state index in [9.17, 15) is 8.78 Å². The van der Waals surface area contributed by atoms with Gasteiger partial charge in [0.15, 0.2) is 0 Å². The average molecular weight is 284 g/mol. The molecular weight excluding hydrogens is 270 g/mol. The summed E-state index contributed by atoms with van der Waals surface area (Å²) in [5.74, 6) is 0.151. The fourth-order valence-electron chi connectivity index (χ4n) is 1.62. The second-order valence-electron chi connectivity index (χ2n) is 3.78. The van der Waals surface area contributed by atoms with Gasteiger partial charge < -0.3 is 10.1 Å². The van der Waals surface area contributed by atoms with Crippen LogP contribution in [0.2, 0.25) is 0 Å². The van der Waals surface area contributed by atoms with E-state index in [1.165, 1.54) is 17.4 Å². The summed E-state index contributed by atoms with van der Waals surface area (Å²) in [6.45, 7) is 0.722. The molecule has 2 aromatic rings. The van der Waals surface area contributed by atoms with Crippen molar-refractivity contribution in [3.8, 4) is 17.0 Å². The second kappa shape index (κ2) is 6.58. The van der Waals surface area contributed by atoms with Gasteiger partial charge in [0.05, 0.1) is 5.69 Å². The fourth-order valence-corrected chi connectivity index (χ4v) is 2.39. The quantitative estimate of drug-likeness (QED) is 0.881. The number of aromatic nitrogens is 1. The Labute approximate surface area is 114 Å². The topological polar surface area (TPSA) is 34.2 Å². The lowest BCUT2D eigenvalue weighted by molar-refractivity contribution is -0.0494. The number of nitrogens with one attached hydrogen (secondary N) is 1. The first-order valence-electron chi connectivity index (χ1n) is 5.90. The molecule has 0 spiro atoms. The number of nitrogens with zero attached hydrogens (tertiary/aromatic N) is 1. The zero-order valence-electron chi connectivity index (χ0n) is 10.4. The summed E-state index contributed by atoms with van der Waals surface area (Å²) in [6.07, 6.45) is 0. The number of thiazole rings is 1. The zero-order valence-corrected chi connectivity index (χ0v) is 11.2. The molecule has 102 valence electrons. The Bertz CT molecular complexity index is 531. The van der Waals surface area contributed by atoms with Gasteiger partial charge in [-0.1, -0.05) is 19.1 Å². The smallest absolute Gasteiger partial charge is 0.387 e. The maximum atomic E-state index is 12.3. The predicted octanol–water partition coefficient (Wildman–Crippen LogP) is 3.52. The molecule has 0 bridgehead atoms. The first-order valence-corrected chi connectivity index (χ1v) is 6.78. The third-order valence-corrected chi connectivity index (χ3v) is 3.31. The molecule has 6 heteroatoms. The number of ether oxygens (including phenoxy) is 1. The first-order chi connectivity index (χ1) is 9.20. The minimum Gasteiger partial charge on any atom is -0.434 e. The summed E-state index contributed by atoms with van der Waals surface area (Å²) in [6, 6.07) is 6.68. The SMILES string of the molecule is CCNCc1nc(-c2ccccc2OC(F)F)cs1. The molecule has 0 amide bonds. The van der Waals surface area contributed by atoms with Gasteiger partial charge in [0.1, 0.15) is 10.8 Å². The van der Waals surface area contributed by atoms with Gasteiger partial charge in [-0.2, -0.15) is 8.78 Å². The highest BCUT2D eigenvalue weighted by Gasteiger charge is 2.13. The summed E-state index contributed by atoms with van der Waals surface area (Å²) in [7, 11) is 0. The lowest BCUT2D eigenvalue weighted by atomic mass is 10.1. The van der Waals surface area contributed by atoms with E-state index in [0.717, 1.165) is 11.6 Å². The molecule has 0 saturated carbocycles. The summed E-state index contributed by atoms with van der Waals surface area (Å²) in [5.41, 5.74) is 1.25. The van der Waals surface area contributed by atoms with Crippen LogP contribution in [-0.4, -0.2) is 18.1 Å². The highest BCUT2D eigenvalue weighted by molar-refractivity contribution is 7.09. The number of benzene rings is 1. The van der Waals surface area contributed by atoms with Crippen LogP contribution in [0.1, 0.15) is 11.9 Å².